The van der Waals surface area contributed by atoms with Crippen LogP contribution in [0.4, 0.5) is 0 Å². The molecule has 0 radical (unpaired) electrons. The Kier molecular flexibility index (Phi) is 5.75. The highest BCUT2D eigenvalue weighted by molar-refractivity contribution is 8.02. The molecule has 1 N–H and O–H groups in total. The molecule has 5 atom stereocenters. The SMILES string of the molecule is CCCCN1CC=C[C@]23S[C@H]4C=CCCOC(=O)[C@H]4[C@H]2C(=O)N(CCO)C3C1=O. The fourth-order valence-electron chi connectivity index (χ4n) is 5.05. The first kappa shape index (κ1) is 20.5. The number of thioether (sulfide) groups is 1. The van der Waals surface area contributed by atoms with Crippen LogP contribution in [0.5, 0.6) is 0 Å². The van der Waals surface area contributed by atoms with Crippen molar-refractivity contribution in [2.24, 2.45) is 11.8 Å². The van der Waals surface area contributed by atoms with Gasteiger partial charge in [-0.2, -0.15) is 0 Å². The molecule has 0 aromatic carbocycles. The van der Waals surface area contributed by atoms with Crippen molar-refractivity contribution in [2.75, 3.05) is 32.8 Å². The number of hydrogen-bond donors (Lipinski definition) is 1. The Morgan fingerprint density at radius 3 is 2.83 bits per heavy atom. The molecule has 8 heteroatoms. The first-order valence-electron chi connectivity index (χ1n) is 10.4. The van der Waals surface area contributed by atoms with E-state index in [2.05, 4.69) is 6.92 Å². The van der Waals surface area contributed by atoms with E-state index in [0.717, 1.165) is 12.8 Å². The molecule has 2 amide bonds. The van der Waals surface area contributed by atoms with Crippen molar-refractivity contribution in [1.82, 2.24) is 9.80 Å². The average molecular weight is 421 g/mol. The predicted octanol–water partition coefficient (Wildman–Crippen LogP) is 0.978. The molecule has 158 valence electrons. The number of cyclic esters (lactones) is 1. The van der Waals surface area contributed by atoms with E-state index < -0.39 is 22.6 Å². The molecule has 1 unspecified atom stereocenters. The number of aliphatic hydroxyl groups excluding tert-OH is 1. The zero-order chi connectivity index (χ0) is 20.6. The lowest BCUT2D eigenvalue weighted by molar-refractivity contribution is -0.153. The Labute approximate surface area is 175 Å². The van der Waals surface area contributed by atoms with Gasteiger partial charge in [-0.3, -0.25) is 14.4 Å². The summed E-state index contributed by atoms with van der Waals surface area (Å²) >= 11 is 1.53. The van der Waals surface area contributed by atoms with Crippen molar-refractivity contribution in [3.05, 3.63) is 24.3 Å². The topological polar surface area (TPSA) is 87.2 Å². The lowest BCUT2D eigenvalue weighted by atomic mass is 9.78. The lowest BCUT2D eigenvalue weighted by Gasteiger charge is -2.35. The third kappa shape index (κ3) is 3.20. The summed E-state index contributed by atoms with van der Waals surface area (Å²) in [7, 11) is 0. The molecule has 4 aliphatic rings. The summed E-state index contributed by atoms with van der Waals surface area (Å²) in [6.45, 7) is 3.39. The summed E-state index contributed by atoms with van der Waals surface area (Å²) in [5, 5.41) is 9.38. The van der Waals surface area contributed by atoms with Crippen LogP contribution in [0.15, 0.2) is 24.3 Å². The summed E-state index contributed by atoms with van der Waals surface area (Å²) in [5.74, 6) is -1.96. The molecule has 4 rings (SSSR count). The standard InChI is InChI=1S/C21H28N2O5S/c1-2-3-9-22-10-6-8-21-16(18(25)23(11-12-24)17(21)19(22)26)15-14(29-21)7-4-5-13-28-20(15)27/h4,6-8,14-17,24H,2-3,5,9-13H2,1H3/t14-,15+,16-,17?,21-/m0/s1. The van der Waals surface area contributed by atoms with Gasteiger partial charge in [0.1, 0.15) is 6.04 Å². The molecule has 0 saturated carbocycles. The number of β-amino-alcohol motifs (C(OH)–C–C–N with tert-alkyl or cyclic N) is 1. The maximum Gasteiger partial charge on any atom is 0.311 e. The Morgan fingerprint density at radius 1 is 1.24 bits per heavy atom. The van der Waals surface area contributed by atoms with E-state index in [1.807, 2.05) is 24.3 Å². The minimum absolute atomic E-state index is 0.0891. The number of likely N-dealkylation sites (tertiary alicyclic amines) is 1. The fraction of sp³-hybridized carbons (Fsp3) is 0.667. The van der Waals surface area contributed by atoms with Gasteiger partial charge in [-0.25, -0.2) is 0 Å². The number of amides is 2. The van der Waals surface area contributed by atoms with E-state index in [-0.39, 0.29) is 36.2 Å². The van der Waals surface area contributed by atoms with Crippen LogP contribution in [0.25, 0.3) is 0 Å². The van der Waals surface area contributed by atoms with Gasteiger partial charge in [-0.1, -0.05) is 37.6 Å². The molecule has 2 fully saturated rings. The highest BCUT2D eigenvalue weighted by atomic mass is 32.2. The van der Waals surface area contributed by atoms with Crippen LogP contribution in [0.2, 0.25) is 0 Å². The summed E-state index contributed by atoms with van der Waals surface area (Å²) < 4.78 is 4.60. The first-order chi connectivity index (χ1) is 14.0. The molecule has 0 bridgehead atoms. The van der Waals surface area contributed by atoms with Gasteiger partial charge in [0.15, 0.2) is 0 Å². The Bertz CT molecular complexity index is 753. The van der Waals surface area contributed by atoms with Crippen molar-refractivity contribution in [1.29, 1.82) is 0 Å². The number of esters is 1. The van der Waals surface area contributed by atoms with Gasteiger partial charge < -0.3 is 19.6 Å². The predicted molar refractivity (Wildman–Crippen MR) is 109 cm³/mol. The lowest BCUT2D eigenvalue weighted by Crippen LogP contribution is -2.53. The zero-order valence-corrected chi connectivity index (χ0v) is 17.5. The molecular weight excluding hydrogens is 392 g/mol. The maximum atomic E-state index is 13.6. The number of hydrogen-bond acceptors (Lipinski definition) is 6. The summed E-state index contributed by atoms with van der Waals surface area (Å²) in [5.41, 5.74) is 0. The molecule has 0 aromatic rings. The minimum Gasteiger partial charge on any atom is -0.465 e. The van der Waals surface area contributed by atoms with E-state index in [4.69, 9.17) is 4.74 Å². The van der Waals surface area contributed by atoms with Crippen molar-refractivity contribution in [3.63, 3.8) is 0 Å². The van der Waals surface area contributed by atoms with Gasteiger partial charge in [-0.05, 0) is 12.8 Å². The Hall–Kier alpha value is -1.80. The second-order valence-corrected chi connectivity index (χ2v) is 9.51. The summed E-state index contributed by atoms with van der Waals surface area (Å²) in [6.07, 6.45) is 10.5. The van der Waals surface area contributed by atoms with Crippen LogP contribution in [-0.2, 0) is 19.1 Å². The van der Waals surface area contributed by atoms with Crippen LogP contribution in [-0.4, -0.2) is 81.6 Å². The van der Waals surface area contributed by atoms with Gasteiger partial charge in [0, 0.05) is 24.9 Å². The molecular formula is C21H28N2O5S. The van der Waals surface area contributed by atoms with E-state index in [1.54, 1.807) is 4.90 Å². The normalized spacial score (nSPS) is 36.3. The molecule has 2 saturated heterocycles. The molecule has 0 aromatic heterocycles. The fourth-order valence-corrected chi connectivity index (χ4v) is 7.05. The minimum atomic E-state index is -0.812. The highest BCUT2D eigenvalue weighted by Gasteiger charge is 2.70. The number of nitrogens with zero attached hydrogens (tertiary/aromatic N) is 2. The third-order valence-electron chi connectivity index (χ3n) is 6.33. The van der Waals surface area contributed by atoms with Gasteiger partial charge in [0.25, 0.3) is 0 Å². The van der Waals surface area contributed by atoms with Gasteiger partial charge in [0.2, 0.25) is 11.8 Å². The number of fused-ring (bicyclic) bond motifs is 2. The first-order valence-corrected chi connectivity index (χ1v) is 11.3. The molecule has 0 aliphatic carbocycles. The van der Waals surface area contributed by atoms with Gasteiger partial charge in [-0.15, -0.1) is 11.8 Å². The molecule has 4 aliphatic heterocycles. The Balaban J connectivity index is 1.78. The van der Waals surface area contributed by atoms with E-state index in [0.29, 0.717) is 26.1 Å². The van der Waals surface area contributed by atoms with E-state index in [9.17, 15) is 19.5 Å². The number of ether oxygens (including phenoxy) is 1. The van der Waals surface area contributed by atoms with Crippen molar-refractivity contribution < 1.29 is 24.2 Å². The molecule has 7 nitrogen and oxygen atoms in total. The smallest absolute Gasteiger partial charge is 0.311 e. The molecule has 4 heterocycles. The van der Waals surface area contributed by atoms with E-state index >= 15 is 0 Å². The second kappa shape index (κ2) is 8.14. The van der Waals surface area contributed by atoms with E-state index in [1.165, 1.54) is 16.7 Å². The van der Waals surface area contributed by atoms with Gasteiger partial charge in [0.05, 0.1) is 29.8 Å². The molecule has 1 spiro atoms. The third-order valence-corrected chi connectivity index (χ3v) is 8.07. The largest absolute Gasteiger partial charge is 0.465 e. The van der Waals surface area contributed by atoms with Crippen molar-refractivity contribution in [3.8, 4) is 0 Å². The van der Waals surface area contributed by atoms with Crippen LogP contribution in [0.3, 0.4) is 0 Å². The van der Waals surface area contributed by atoms with Crippen LogP contribution >= 0.6 is 11.8 Å². The van der Waals surface area contributed by atoms with Crippen molar-refractivity contribution >= 4 is 29.5 Å². The monoisotopic (exact) mass is 420 g/mol. The van der Waals surface area contributed by atoms with Gasteiger partial charge >= 0.3 is 5.97 Å². The zero-order valence-electron chi connectivity index (χ0n) is 16.7. The average Bonchev–Trinajstić information content (AvgIpc) is 3.06. The number of carbonyl (C=O) groups is 3. The van der Waals surface area contributed by atoms with Crippen LogP contribution in [0, 0.1) is 11.8 Å². The number of carbonyl (C=O) groups excluding carboxylic acids is 3. The maximum absolute atomic E-state index is 13.6. The molecule has 29 heavy (non-hydrogen) atoms. The van der Waals surface area contributed by atoms with Crippen molar-refractivity contribution in [2.45, 2.75) is 42.2 Å². The summed E-state index contributed by atoms with van der Waals surface area (Å²) in [6, 6.07) is -0.706. The number of unbranched alkanes of at least 4 members (excludes halogenated alkanes) is 1. The second-order valence-electron chi connectivity index (χ2n) is 8.02. The Morgan fingerprint density at radius 2 is 2.07 bits per heavy atom. The van der Waals surface area contributed by atoms with Crippen LogP contribution in [0.1, 0.15) is 26.2 Å². The summed E-state index contributed by atoms with van der Waals surface area (Å²) in [4.78, 5) is 43.2. The quantitative estimate of drug-likeness (QED) is 0.527. The van der Waals surface area contributed by atoms with Crippen LogP contribution < -0.4 is 0 Å². The highest BCUT2D eigenvalue weighted by Crippen LogP contribution is 2.60. The number of aliphatic hydroxyl groups is 1. The number of rotatable bonds is 5.